The summed E-state index contributed by atoms with van der Waals surface area (Å²) in [5.74, 6) is -0.633. The van der Waals surface area contributed by atoms with Gasteiger partial charge in [0.05, 0.1) is 25.4 Å². The van der Waals surface area contributed by atoms with Crippen LogP contribution in [0.15, 0.2) is 36.5 Å². The molecule has 0 aromatic carbocycles. The van der Waals surface area contributed by atoms with Crippen LogP contribution in [-0.4, -0.2) is 98.7 Å². The summed E-state index contributed by atoms with van der Waals surface area (Å²) in [5, 5.41) is 64.4. The van der Waals surface area contributed by atoms with E-state index in [-0.39, 0.29) is 6.61 Å². The van der Waals surface area contributed by atoms with Crippen molar-refractivity contribution in [3.05, 3.63) is 36.5 Å². The first-order valence-electron chi connectivity index (χ1n) is 21.3. The minimum absolute atomic E-state index is 0.302. The maximum Gasteiger partial charge on any atom is 0.249 e. The highest BCUT2D eigenvalue weighted by molar-refractivity contribution is 5.80. The zero-order chi connectivity index (χ0) is 38.9. The van der Waals surface area contributed by atoms with Gasteiger partial charge in [-0.3, -0.25) is 4.79 Å². The van der Waals surface area contributed by atoms with Gasteiger partial charge in [0.1, 0.15) is 30.5 Å². The van der Waals surface area contributed by atoms with Crippen molar-refractivity contribution in [2.75, 3.05) is 13.2 Å². The first kappa shape index (κ1) is 49.4. The summed E-state index contributed by atoms with van der Waals surface area (Å²) in [6, 6.07) is -0.999. The van der Waals surface area contributed by atoms with Crippen molar-refractivity contribution in [2.45, 2.75) is 217 Å². The van der Waals surface area contributed by atoms with Crippen LogP contribution in [0.4, 0.5) is 0 Å². The highest BCUT2D eigenvalue weighted by Crippen LogP contribution is 2.22. The SMILES string of the molecule is CCCCCCCC/C=C/CC/C=C/CC/C=C/C(O)C(COC1OC(CO)C(O)C(O)C1O)NC(=O)C(O)CCCCCCCCCCCCCC. The van der Waals surface area contributed by atoms with Gasteiger partial charge >= 0.3 is 0 Å². The number of allylic oxidation sites excluding steroid dienone is 5. The van der Waals surface area contributed by atoms with Gasteiger partial charge in [0.25, 0.3) is 0 Å². The van der Waals surface area contributed by atoms with Gasteiger partial charge in [0.2, 0.25) is 5.91 Å². The Bertz CT molecular complexity index is 943. The van der Waals surface area contributed by atoms with E-state index in [4.69, 9.17) is 9.47 Å². The Hall–Kier alpha value is -1.63. The summed E-state index contributed by atoms with van der Waals surface area (Å²) in [4.78, 5) is 13.0. The van der Waals surface area contributed by atoms with E-state index < -0.39 is 61.5 Å². The molecule has 1 aliphatic rings. The third-order valence-corrected chi connectivity index (χ3v) is 10.1. The summed E-state index contributed by atoms with van der Waals surface area (Å²) < 4.78 is 11.1. The van der Waals surface area contributed by atoms with Gasteiger partial charge in [0, 0.05) is 0 Å². The normalized spacial score (nSPS) is 22.6. The Kier molecular flexibility index (Phi) is 31.4. The van der Waals surface area contributed by atoms with Gasteiger partial charge in [-0.15, -0.1) is 0 Å². The molecular formula is C43H79NO9. The minimum atomic E-state index is -1.62. The second-order valence-electron chi connectivity index (χ2n) is 14.9. The summed E-state index contributed by atoms with van der Waals surface area (Å²) in [6.07, 6.45) is 29.4. The van der Waals surface area contributed by atoms with Crippen molar-refractivity contribution >= 4 is 5.91 Å². The molecule has 1 amide bonds. The first-order chi connectivity index (χ1) is 25.8. The fraction of sp³-hybridized carbons (Fsp3) is 0.837. The smallest absolute Gasteiger partial charge is 0.249 e. The van der Waals surface area contributed by atoms with Crippen LogP contribution in [0.25, 0.3) is 0 Å². The predicted molar refractivity (Wildman–Crippen MR) is 213 cm³/mol. The maximum absolute atomic E-state index is 13.0. The molecule has 0 aromatic heterocycles. The van der Waals surface area contributed by atoms with Crippen molar-refractivity contribution in [2.24, 2.45) is 0 Å². The van der Waals surface area contributed by atoms with E-state index in [0.29, 0.717) is 19.3 Å². The summed E-state index contributed by atoms with van der Waals surface area (Å²) >= 11 is 0. The third-order valence-electron chi connectivity index (χ3n) is 10.1. The predicted octanol–water partition coefficient (Wildman–Crippen LogP) is 7.08. The number of carbonyl (C=O) groups is 1. The van der Waals surface area contributed by atoms with Crippen LogP contribution in [0.5, 0.6) is 0 Å². The molecule has 1 aliphatic heterocycles. The molecule has 8 atom stereocenters. The zero-order valence-corrected chi connectivity index (χ0v) is 33.4. The molecule has 1 fully saturated rings. The van der Waals surface area contributed by atoms with Crippen LogP contribution in [-0.2, 0) is 14.3 Å². The van der Waals surface area contributed by atoms with Gasteiger partial charge in [0.15, 0.2) is 6.29 Å². The molecule has 310 valence electrons. The maximum atomic E-state index is 13.0. The lowest BCUT2D eigenvalue weighted by Crippen LogP contribution is -2.60. The molecule has 1 saturated heterocycles. The number of unbranched alkanes of at least 4 members (excludes halogenated alkanes) is 19. The average Bonchev–Trinajstić information content (AvgIpc) is 3.16. The van der Waals surface area contributed by atoms with Crippen LogP contribution in [0.3, 0.4) is 0 Å². The molecule has 10 heteroatoms. The van der Waals surface area contributed by atoms with E-state index in [1.54, 1.807) is 6.08 Å². The summed E-state index contributed by atoms with van der Waals surface area (Å²) in [7, 11) is 0. The largest absolute Gasteiger partial charge is 0.394 e. The Labute approximate surface area is 322 Å². The Balaban J connectivity index is 2.52. The van der Waals surface area contributed by atoms with Gasteiger partial charge in [-0.2, -0.15) is 0 Å². The monoisotopic (exact) mass is 754 g/mol. The van der Waals surface area contributed by atoms with E-state index >= 15 is 0 Å². The number of ether oxygens (including phenoxy) is 2. The molecule has 10 nitrogen and oxygen atoms in total. The molecule has 1 rings (SSSR count). The van der Waals surface area contributed by atoms with Gasteiger partial charge < -0.3 is 45.4 Å². The summed E-state index contributed by atoms with van der Waals surface area (Å²) in [6.45, 7) is 3.55. The molecule has 0 radical (unpaired) electrons. The lowest BCUT2D eigenvalue weighted by molar-refractivity contribution is -0.302. The van der Waals surface area contributed by atoms with E-state index in [1.807, 2.05) is 6.08 Å². The van der Waals surface area contributed by atoms with Gasteiger partial charge in [-0.25, -0.2) is 0 Å². The molecule has 8 unspecified atom stereocenters. The topological polar surface area (TPSA) is 169 Å². The van der Waals surface area contributed by atoms with Crippen LogP contribution in [0.1, 0.15) is 168 Å². The Morgan fingerprint density at radius 3 is 1.64 bits per heavy atom. The number of nitrogens with one attached hydrogen (secondary N) is 1. The lowest BCUT2D eigenvalue weighted by Gasteiger charge is -2.40. The van der Waals surface area contributed by atoms with Crippen molar-refractivity contribution in [3.8, 4) is 0 Å². The van der Waals surface area contributed by atoms with Crippen LogP contribution < -0.4 is 5.32 Å². The second-order valence-corrected chi connectivity index (χ2v) is 14.9. The molecule has 1 heterocycles. The molecule has 0 aromatic rings. The van der Waals surface area contributed by atoms with E-state index in [1.165, 1.54) is 89.9 Å². The van der Waals surface area contributed by atoms with Crippen molar-refractivity contribution in [1.82, 2.24) is 5.32 Å². The number of aliphatic hydroxyl groups is 6. The zero-order valence-electron chi connectivity index (χ0n) is 33.4. The Morgan fingerprint density at radius 2 is 1.11 bits per heavy atom. The number of rotatable bonds is 34. The number of carbonyl (C=O) groups excluding carboxylic acids is 1. The number of hydrogen-bond donors (Lipinski definition) is 7. The van der Waals surface area contributed by atoms with Crippen LogP contribution in [0, 0.1) is 0 Å². The molecule has 0 bridgehead atoms. The molecular weight excluding hydrogens is 674 g/mol. The van der Waals surface area contributed by atoms with Crippen molar-refractivity contribution in [1.29, 1.82) is 0 Å². The van der Waals surface area contributed by atoms with E-state index in [9.17, 15) is 35.4 Å². The number of amides is 1. The molecule has 0 saturated carbocycles. The van der Waals surface area contributed by atoms with Gasteiger partial charge in [-0.1, -0.05) is 159 Å². The van der Waals surface area contributed by atoms with Gasteiger partial charge in [-0.05, 0) is 44.9 Å². The lowest BCUT2D eigenvalue weighted by atomic mass is 9.99. The minimum Gasteiger partial charge on any atom is -0.394 e. The quantitative estimate of drug-likeness (QED) is 0.0268. The Morgan fingerprint density at radius 1 is 0.642 bits per heavy atom. The highest BCUT2D eigenvalue weighted by atomic mass is 16.7. The highest BCUT2D eigenvalue weighted by Gasteiger charge is 2.44. The third kappa shape index (κ3) is 24.5. The molecule has 7 N–H and O–H groups in total. The van der Waals surface area contributed by atoms with Crippen LogP contribution >= 0.6 is 0 Å². The molecule has 0 spiro atoms. The van der Waals surface area contributed by atoms with Crippen LogP contribution in [0.2, 0.25) is 0 Å². The standard InChI is InChI=1S/C43H79NO9/c1-3-5-7-9-11-13-15-17-18-19-20-22-23-25-27-29-31-36(46)35(34-52-43-41(50)40(49)39(48)38(33-45)53-43)44-42(51)37(47)32-30-28-26-24-21-16-14-12-10-8-6-4-2/h17-18,22-23,29,31,35-41,43,45-50H,3-16,19-21,24-28,30,32-34H2,1-2H3,(H,44,51)/b18-17+,23-22+,31-29+. The molecule has 53 heavy (non-hydrogen) atoms. The van der Waals surface area contributed by atoms with E-state index in [2.05, 4.69) is 43.5 Å². The average molecular weight is 754 g/mol. The summed E-state index contributed by atoms with van der Waals surface area (Å²) in [5.41, 5.74) is 0. The van der Waals surface area contributed by atoms with Crippen molar-refractivity contribution < 1.29 is 44.9 Å². The van der Waals surface area contributed by atoms with E-state index in [0.717, 1.165) is 44.9 Å². The molecule has 0 aliphatic carbocycles. The number of hydrogen-bond acceptors (Lipinski definition) is 9. The fourth-order valence-electron chi connectivity index (χ4n) is 6.49. The number of aliphatic hydroxyl groups excluding tert-OH is 6. The first-order valence-corrected chi connectivity index (χ1v) is 21.3. The second kappa shape index (κ2) is 33.7. The fourth-order valence-corrected chi connectivity index (χ4v) is 6.49. The van der Waals surface area contributed by atoms with Crippen molar-refractivity contribution in [3.63, 3.8) is 0 Å².